The lowest BCUT2D eigenvalue weighted by Gasteiger charge is -2.40. The average molecular weight is 1190 g/mol. The number of aliphatic hydroxyl groups excluding tert-OH is 1. The van der Waals surface area contributed by atoms with Gasteiger partial charge in [0.05, 0.1) is 12.0 Å². The van der Waals surface area contributed by atoms with Crippen LogP contribution >= 0.6 is 0 Å². The van der Waals surface area contributed by atoms with E-state index in [1.54, 1.807) is 12.1 Å². The standard InChI is InChI=1S/C22H36N2O.C21H31F3N2.C21H32FNO.2C4H10O/c1-17(2)15-21(24-12-9-18(10-13-24)11-14-25)16-22(3,4)19-5-7-20(23)8-6-19;1-15(2)13-19(26-11-9-17(10-12-26)21(22,23)24)14-20(3,4)16-5-7-18(25)8-6-16;1-16(2)14-19(23-12-10-20(24-5)11-13-23)15-21(3,4)17-6-8-18(22)9-7-17;2*1-3-5-4-2/h5-8,15,18,21,25H,9-14,16,23H2,1-4H3;5-8,13,17,19H,9-12,14,25H2,1-4H3;6-9,14,19-20H,10-13,15H2,1-5H3;2*3-4H2,1-2H3. The molecule has 9 nitrogen and oxygen atoms in total. The number of hydrogen-bond acceptors (Lipinski definition) is 9. The first-order valence-electron chi connectivity index (χ1n) is 32.0. The Labute approximate surface area is 515 Å². The number of nitrogens with zero attached hydrogens (tertiary/aromatic N) is 3. The summed E-state index contributed by atoms with van der Waals surface area (Å²) in [6.45, 7) is 43.5. The predicted octanol–water partition coefficient (Wildman–Crippen LogP) is 16.9. The van der Waals surface area contributed by atoms with Crippen LogP contribution in [-0.4, -0.2) is 130 Å². The quantitative estimate of drug-likeness (QED) is 0.0515. The second kappa shape index (κ2) is 39.0. The van der Waals surface area contributed by atoms with Gasteiger partial charge >= 0.3 is 6.18 Å². The zero-order valence-electron chi connectivity index (χ0n) is 56.2. The smallest absolute Gasteiger partial charge is 0.391 e. The molecule has 0 aliphatic carbocycles. The van der Waals surface area contributed by atoms with Crippen molar-refractivity contribution < 1.29 is 36.9 Å². The molecule has 0 aromatic heterocycles. The molecule has 5 N–H and O–H groups in total. The molecule has 0 spiro atoms. The number of piperidine rings is 3. The van der Waals surface area contributed by atoms with E-state index < -0.39 is 12.1 Å². The largest absolute Gasteiger partial charge is 0.399 e. The summed E-state index contributed by atoms with van der Waals surface area (Å²) in [5.74, 6) is -0.632. The molecule has 0 radical (unpaired) electrons. The van der Waals surface area contributed by atoms with E-state index in [1.165, 1.54) is 46.3 Å². The van der Waals surface area contributed by atoms with Gasteiger partial charge in [-0.05, 0) is 235 Å². The molecule has 484 valence electrons. The van der Waals surface area contributed by atoms with Gasteiger partial charge in [-0.15, -0.1) is 0 Å². The molecule has 3 fully saturated rings. The van der Waals surface area contributed by atoms with Gasteiger partial charge in [0.15, 0.2) is 0 Å². The minimum Gasteiger partial charge on any atom is -0.399 e. The van der Waals surface area contributed by atoms with Crippen molar-refractivity contribution in [2.75, 3.05) is 90.9 Å². The first-order chi connectivity index (χ1) is 39.9. The Morgan fingerprint density at radius 3 is 1.07 bits per heavy atom. The van der Waals surface area contributed by atoms with Gasteiger partial charge in [0, 0.05) is 82.7 Å². The minimum atomic E-state index is -4.07. The monoisotopic (exact) mass is 1190 g/mol. The van der Waals surface area contributed by atoms with Gasteiger partial charge in [0.2, 0.25) is 0 Å². The number of benzene rings is 3. The number of nitrogens with two attached hydrogens (primary N) is 2. The number of alkyl halides is 3. The Bertz CT molecular complexity index is 2310. The minimum absolute atomic E-state index is 0.00240. The summed E-state index contributed by atoms with van der Waals surface area (Å²) in [7, 11) is 1.81. The van der Waals surface area contributed by atoms with E-state index in [-0.39, 0.29) is 40.9 Å². The zero-order chi connectivity index (χ0) is 64.0. The van der Waals surface area contributed by atoms with E-state index in [2.05, 4.69) is 114 Å². The van der Waals surface area contributed by atoms with Crippen LogP contribution in [0.4, 0.5) is 28.9 Å². The molecule has 0 bridgehead atoms. The molecular weight excluding hydrogens is 1070 g/mol. The molecule has 3 aromatic rings. The molecule has 0 saturated carbocycles. The molecule has 85 heavy (non-hydrogen) atoms. The molecule has 3 saturated heterocycles. The summed E-state index contributed by atoms with van der Waals surface area (Å²) in [5.41, 5.74) is 20.9. The maximum Gasteiger partial charge on any atom is 0.391 e. The van der Waals surface area contributed by atoms with Crippen molar-refractivity contribution >= 4 is 11.4 Å². The second-order valence-electron chi connectivity index (χ2n) is 26.3. The molecule has 3 heterocycles. The van der Waals surface area contributed by atoms with Gasteiger partial charge in [-0.2, -0.15) is 13.2 Å². The lowest BCUT2D eigenvalue weighted by atomic mass is 9.78. The summed E-state index contributed by atoms with van der Waals surface area (Å²) in [5, 5.41) is 9.18. The van der Waals surface area contributed by atoms with Crippen LogP contribution < -0.4 is 11.5 Å². The lowest BCUT2D eigenvalue weighted by Crippen LogP contribution is -2.45. The maximum atomic E-state index is 13.2. The summed E-state index contributed by atoms with van der Waals surface area (Å²) in [4.78, 5) is 7.43. The first kappa shape index (κ1) is 77.0. The third-order valence-electron chi connectivity index (χ3n) is 17.0. The highest BCUT2D eigenvalue weighted by Crippen LogP contribution is 2.38. The van der Waals surface area contributed by atoms with Crippen LogP contribution in [0.5, 0.6) is 0 Å². The number of halogens is 4. The topological polar surface area (TPSA) is 110 Å². The first-order valence-corrected chi connectivity index (χ1v) is 32.0. The summed E-state index contributed by atoms with van der Waals surface area (Å²) in [6, 6.07) is 24.2. The van der Waals surface area contributed by atoms with Crippen molar-refractivity contribution in [1.82, 2.24) is 14.7 Å². The van der Waals surface area contributed by atoms with Crippen LogP contribution in [0.3, 0.4) is 0 Å². The average Bonchev–Trinajstić information content (AvgIpc) is 3.48. The van der Waals surface area contributed by atoms with Crippen molar-refractivity contribution in [1.29, 1.82) is 0 Å². The molecule has 13 heteroatoms. The third kappa shape index (κ3) is 29.7. The SMILES string of the molecule is CC(C)=CC(CC(C)(C)c1ccc(N)cc1)N1CCC(C(F)(F)F)CC1.CC(C)=CC(CC(C)(C)c1ccc(N)cc1)N1CCC(CCO)CC1.CCOCC.CCOCC.COC1CCN(C(C=C(C)C)CC(C)(C)c2ccc(F)cc2)CC1. The Hall–Kier alpha value is -4.08. The van der Waals surface area contributed by atoms with Crippen LogP contribution in [0.15, 0.2) is 108 Å². The summed E-state index contributed by atoms with van der Waals surface area (Å²) in [6.07, 6.45) is 12.3. The van der Waals surface area contributed by atoms with Gasteiger partial charge in [0.1, 0.15) is 5.82 Å². The van der Waals surface area contributed by atoms with Crippen molar-refractivity contribution in [3.05, 3.63) is 130 Å². The molecule has 3 aliphatic heterocycles. The highest BCUT2D eigenvalue weighted by Gasteiger charge is 2.42. The fraction of sp³-hybridized carbons (Fsp3) is 0.667. The Balaban J connectivity index is 0.000000402. The number of ether oxygens (including phenoxy) is 3. The Morgan fingerprint density at radius 1 is 0.518 bits per heavy atom. The number of likely N-dealkylation sites (tertiary alicyclic amines) is 3. The van der Waals surface area contributed by atoms with Crippen molar-refractivity contribution in [3.8, 4) is 0 Å². The number of rotatable bonds is 22. The maximum absolute atomic E-state index is 13.2. The van der Waals surface area contributed by atoms with Crippen molar-refractivity contribution in [3.63, 3.8) is 0 Å². The fourth-order valence-corrected chi connectivity index (χ4v) is 11.9. The van der Waals surface area contributed by atoms with Crippen LogP contribution in [0.1, 0.15) is 192 Å². The Morgan fingerprint density at radius 2 is 0.812 bits per heavy atom. The molecular formula is C72H119F4N5O4. The number of hydrogen-bond donors (Lipinski definition) is 3. The Kier molecular flexibility index (Phi) is 35.4. The van der Waals surface area contributed by atoms with E-state index >= 15 is 0 Å². The molecule has 3 unspecified atom stereocenters. The van der Waals surface area contributed by atoms with Crippen molar-refractivity contribution in [2.24, 2.45) is 11.8 Å². The number of methoxy groups -OCH3 is 1. The number of allylic oxidation sites excluding steroid dienone is 3. The molecule has 0 amide bonds. The second-order valence-corrected chi connectivity index (χ2v) is 26.3. The molecule has 3 aliphatic rings. The number of anilines is 2. The van der Waals surface area contributed by atoms with E-state index in [1.807, 2.05) is 97.2 Å². The van der Waals surface area contributed by atoms with E-state index in [4.69, 9.17) is 25.7 Å². The summed E-state index contributed by atoms with van der Waals surface area (Å²) < 4.78 is 67.3. The molecule has 3 atom stereocenters. The summed E-state index contributed by atoms with van der Waals surface area (Å²) >= 11 is 0. The van der Waals surface area contributed by atoms with Crippen LogP contribution in [-0.2, 0) is 30.5 Å². The highest BCUT2D eigenvalue weighted by atomic mass is 19.4. The van der Waals surface area contributed by atoms with E-state index in [0.29, 0.717) is 43.8 Å². The molecule has 3 aromatic carbocycles. The van der Waals surface area contributed by atoms with Gasteiger partial charge in [0.25, 0.3) is 0 Å². The van der Waals surface area contributed by atoms with E-state index in [0.717, 1.165) is 103 Å². The zero-order valence-corrected chi connectivity index (χ0v) is 56.2. The third-order valence-corrected chi connectivity index (χ3v) is 17.0. The normalized spacial score (nSPS) is 17.2. The van der Waals surface area contributed by atoms with Gasteiger partial charge < -0.3 is 30.8 Å². The number of aliphatic hydroxyl groups is 1. The van der Waals surface area contributed by atoms with E-state index in [9.17, 15) is 22.7 Å². The lowest BCUT2D eigenvalue weighted by molar-refractivity contribution is -0.185. The van der Waals surface area contributed by atoms with Gasteiger partial charge in [-0.3, -0.25) is 14.7 Å². The predicted molar refractivity (Wildman–Crippen MR) is 353 cm³/mol. The fourth-order valence-electron chi connectivity index (χ4n) is 11.9. The molecule has 6 rings (SSSR count). The van der Waals surface area contributed by atoms with Crippen molar-refractivity contribution in [2.45, 2.75) is 222 Å². The number of nitrogen functional groups attached to an aromatic ring is 2. The van der Waals surface area contributed by atoms with Crippen LogP contribution in [0.25, 0.3) is 0 Å². The van der Waals surface area contributed by atoms with Crippen LogP contribution in [0.2, 0.25) is 0 Å². The van der Waals surface area contributed by atoms with Gasteiger partial charge in [-0.25, -0.2) is 4.39 Å². The highest BCUT2D eigenvalue weighted by molar-refractivity contribution is 5.42. The van der Waals surface area contributed by atoms with Crippen LogP contribution in [0, 0.1) is 17.7 Å². The van der Waals surface area contributed by atoms with Gasteiger partial charge in [-0.1, -0.05) is 113 Å².